The summed E-state index contributed by atoms with van der Waals surface area (Å²) in [4.78, 5) is 8.36. The molecule has 0 spiro atoms. The van der Waals surface area contributed by atoms with E-state index in [1.807, 2.05) is 48.0 Å². The molecule has 2 aromatic heterocycles. The average molecular weight is 609 g/mol. The van der Waals surface area contributed by atoms with E-state index >= 15 is 8.78 Å². The highest BCUT2D eigenvalue weighted by Gasteiger charge is 2.42. The number of piperazine rings is 1. The molecule has 3 heterocycles. The summed E-state index contributed by atoms with van der Waals surface area (Å²) in [6.45, 7) is 5.56. The number of nitrogens with zero attached hydrogens (tertiary/aromatic N) is 6. The van der Waals surface area contributed by atoms with E-state index in [4.69, 9.17) is 11.6 Å². The van der Waals surface area contributed by atoms with Gasteiger partial charge in [0, 0.05) is 73.5 Å². The van der Waals surface area contributed by atoms with Crippen LogP contribution in [0, 0.1) is 17.5 Å². The molecule has 1 N–H and O–H groups in total. The van der Waals surface area contributed by atoms with E-state index in [0.717, 1.165) is 28.6 Å². The summed E-state index contributed by atoms with van der Waals surface area (Å²) in [6.07, 6.45) is 4.83. The third kappa shape index (κ3) is 6.05. The van der Waals surface area contributed by atoms with Crippen molar-refractivity contribution in [3.63, 3.8) is 0 Å². The molecule has 3 aromatic carbocycles. The molecule has 11 heteroatoms. The van der Waals surface area contributed by atoms with Gasteiger partial charge in [-0.1, -0.05) is 41.9 Å². The van der Waals surface area contributed by atoms with Crippen LogP contribution in [0.3, 0.4) is 0 Å². The maximum absolute atomic E-state index is 15.0. The van der Waals surface area contributed by atoms with Gasteiger partial charge in [0.2, 0.25) is 0 Å². The van der Waals surface area contributed by atoms with Crippen LogP contribution < -0.4 is 0 Å². The van der Waals surface area contributed by atoms with E-state index in [0.29, 0.717) is 49.8 Å². The van der Waals surface area contributed by atoms with E-state index in [-0.39, 0.29) is 17.9 Å². The molecule has 6 rings (SSSR count). The minimum atomic E-state index is -1.69. The molecule has 0 unspecified atom stereocenters. The van der Waals surface area contributed by atoms with Crippen LogP contribution in [0.15, 0.2) is 79.5 Å². The third-order valence-electron chi connectivity index (χ3n) is 8.50. The summed E-state index contributed by atoms with van der Waals surface area (Å²) < 4.78 is 47.2. The third-order valence-corrected chi connectivity index (χ3v) is 8.76. The first-order valence-corrected chi connectivity index (χ1v) is 14.6. The van der Waals surface area contributed by atoms with Crippen molar-refractivity contribution >= 4 is 22.5 Å². The molecule has 1 saturated heterocycles. The summed E-state index contributed by atoms with van der Waals surface area (Å²) >= 11 is 6.05. The lowest BCUT2D eigenvalue weighted by Gasteiger charge is -2.45. The lowest BCUT2D eigenvalue weighted by Crippen LogP contribution is -2.57. The van der Waals surface area contributed by atoms with Gasteiger partial charge in [-0.2, -0.15) is 5.10 Å². The first-order chi connectivity index (χ1) is 20.7. The molecule has 1 aliphatic rings. The van der Waals surface area contributed by atoms with E-state index in [1.54, 1.807) is 6.07 Å². The molecule has 43 heavy (non-hydrogen) atoms. The summed E-state index contributed by atoms with van der Waals surface area (Å²) in [5.74, 6) is -1.79. The fraction of sp³-hybridized carbons (Fsp3) is 0.312. The van der Waals surface area contributed by atoms with Crippen LogP contribution in [0.25, 0.3) is 10.9 Å². The Morgan fingerprint density at radius 2 is 1.72 bits per heavy atom. The highest BCUT2D eigenvalue weighted by atomic mass is 35.5. The second-order valence-electron chi connectivity index (χ2n) is 11.2. The molecule has 0 saturated carbocycles. The predicted octanol–water partition coefficient (Wildman–Crippen LogP) is 5.45. The van der Waals surface area contributed by atoms with Crippen molar-refractivity contribution in [2.75, 3.05) is 26.2 Å². The molecular formula is C32H32ClF3N6O. The van der Waals surface area contributed by atoms with Crippen LogP contribution in [0.4, 0.5) is 13.2 Å². The molecule has 224 valence electrons. The van der Waals surface area contributed by atoms with Crippen molar-refractivity contribution in [3.8, 4) is 0 Å². The average Bonchev–Trinajstić information content (AvgIpc) is 3.62. The lowest BCUT2D eigenvalue weighted by atomic mass is 9.85. The van der Waals surface area contributed by atoms with Crippen LogP contribution >= 0.6 is 11.6 Å². The van der Waals surface area contributed by atoms with Gasteiger partial charge in [-0.15, -0.1) is 0 Å². The number of rotatable bonds is 9. The number of fused-ring (bicyclic) bond motifs is 1. The van der Waals surface area contributed by atoms with Crippen LogP contribution in [0.1, 0.15) is 23.6 Å². The summed E-state index contributed by atoms with van der Waals surface area (Å²) in [7, 11) is 0. The molecule has 0 amide bonds. The smallest absolute Gasteiger partial charge is 0.147 e. The van der Waals surface area contributed by atoms with E-state index in [2.05, 4.69) is 19.9 Å². The van der Waals surface area contributed by atoms with Crippen LogP contribution in [-0.4, -0.2) is 66.5 Å². The van der Waals surface area contributed by atoms with Gasteiger partial charge in [-0.3, -0.25) is 9.80 Å². The van der Waals surface area contributed by atoms with Crippen molar-refractivity contribution in [1.29, 1.82) is 0 Å². The van der Waals surface area contributed by atoms with Gasteiger partial charge in [-0.25, -0.2) is 22.8 Å². The van der Waals surface area contributed by atoms with Crippen molar-refractivity contribution in [1.82, 2.24) is 29.1 Å². The predicted molar refractivity (Wildman–Crippen MR) is 159 cm³/mol. The number of hydrogen-bond acceptors (Lipinski definition) is 5. The van der Waals surface area contributed by atoms with E-state index in [1.165, 1.54) is 29.5 Å². The number of aliphatic hydroxyl groups is 1. The van der Waals surface area contributed by atoms with Crippen LogP contribution in [-0.2, 0) is 25.2 Å². The molecule has 0 radical (unpaired) electrons. The van der Waals surface area contributed by atoms with Gasteiger partial charge in [0.05, 0.1) is 12.1 Å². The Morgan fingerprint density at radius 1 is 0.953 bits per heavy atom. The zero-order chi connectivity index (χ0) is 30.1. The number of hydrogen-bond donors (Lipinski definition) is 1. The van der Waals surface area contributed by atoms with Gasteiger partial charge in [0.25, 0.3) is 0 Å². The Kier molecular flexibility index (Phi) is 8.28. The topological polar surface area (TPSA) is 62.4 Å². The summed E-state index contributed by atoms with van der Waals surface area (Å²) in [6, 6.07) is 15.4. The largest absolute Gasteiger partial charge is 0.381 e. The molecule has 0 aliphatic carbocycles. The van der Waals surface area contributed by atoms with Gasteiger partial charge < -0.3 is 9.67 Å². The monoisotopic (exact) mass is 608 g/mol. The van der Waals surface area contributed by atoms with Crippen molar-refractivity contribution < 1.29 is 18.3 Å². The van der Waals surface area contributed by atoms with Crippen molar-refractivity contribution in [2.45, 2.75) is 38.2 Å². The zero-order valence-corrected chi connectivity index (χ0v) is 24.4. The second-order valence-corrected chi connectivity index (χ2v) is 11.6. The van der Waals surface area contributed by atoms with Gasteiger partial charge in [0.15, 0.2) is 0 Å². The minimum absolute atomic E-state index is 0.00912. The molecule has 1 aliphatic heterocycles. The van der Waals surface area contributed by atoms with Crippen molar-refractivity contribution in [2.24, 2.45) is 0 Å². The second kappa shape index (κ2) is 12.1. The maximum Gasteiger partial charge on any atom is 0.147 e. The fourth-order valence-corrected chi connectivity index (χ4v) is 6.25. The number of halogens is 4. The molecule has 1 fully saturated rings. The first-order valence-electron chi connectivity index (χ1n) is 14.2. The quantitative estimate of drug-likeness (QED) is 0.241. The number of para-hydroxylation sites is 1. The number of aromatic nitrogens is 4. The van der Waals surface area contributed by atoms with Crippen LogP contribution in [0.5, 0.6) is 0 Å². The first kappa shape index (κ1) is 29.4. The highest BCUT2D eigenvalue weighted by molar-refractivity contribution is 6.30. The van der Waals surface area contributed by atoms with E-state index < -0.39 is 23.3 Å². The number of benzene rings is 3. The molecule has 5 aromatic rings. The molecular weight excluding hydrogens is 577 g/mol. The normalized spacial score (nSPS) is 16.9. The Hall–Kier alpha value is -3.70. The standard InChI is InChI=1S/C32H32ClF3N6O/c1-22(32(43,19-42-21-37-20-38-42)28-10-9-26(34)15-30(28)36)40-13-11-39(12-14-40)17-24-18-41(16-23-5-7-25(33)8-6-23)31-27(24)3-2-4-29(31)35/h2-10,15,18,20-22,43H,11-14,16-17,19H2,1H3/t22-,32-/m1/s1. The Labute approximate surface area is 252 Å². The minimum Gasteiger partial charge on any atom is -0.381 e. The Morgan fingerprint density at radius 3 is 2.42 bits per heavy atom. The zero-order valence-electron chi connectivity index (χ0n) is 23.7. The summed E-state index contributed by atoms with van der Waals surface area (Å²) in [5, 5.41) is 17.6. The van der Waals surface area contributed by atoms with Crippen LogP contribution in [0.2, 0.25) is 5.02 Å². The SMILES string of the molecule is C[C@@H](N1CCN(Cc2cn(Cc3ccc(Cl)cc3)c3c(F)cccc23)CC1)[C@](O)(Cn1cncn1)c1ccc(F)cc1F. The molecule has 7 nitrogen and oxygen atoms in total. The van der Waals surface area contributed by atoms with E-state index in [9.17, 15) is 9.50 Å². The van der Waals surface area contributed by atoms with Gasteiger partial charge in [-0.05, 0) is 42.3 Å². The fourth-order valence-electron chi connectivity index (χ4n) is 6.12. The van der Waals surface area contributed by atoms with Gasteiger partial charge in [0.1, 0.15) is 35.7 Å². The lowest BCUT2D eigenvalue weighted by molar-refractivity contribution is -0.0743. The highest BCUT2D eigenvalue weighted by Crippen LogP contribution is 2.34. The molecule has 2 atom stereocenters. The van der Waals surface area contributed by atoms with Gasteiger partial charge >= 0.3 is 0 Å². The summed E-state index contributed by atoms with van der Waals surface area (Å²) in [5.41, 5.74) is 0.935. The Balaban J connectivity index is 1.19. The van der Waals surface area contributed by atoms with Crippen molar-refractivity contribution in [3.05, 3.63) is 119 Å². The maximum atomic E-state index is 15.0. The molecule has 0 bridgehead atoms. The Bertz CT molecular complexity index is 1700.